The van der Waals surface area contributed by atoms with Gasteiger partial charge in [0.05, 0.1) is 27.8 Å². The predicted molar refractivity (Wildman–Crippen MR) is 222 cm³/mol. The number of para-hydroxylation sites is 3. The Labute approximate surface area is 311 Å². The molecule has 252 valence electrons. The first kappa shape index (κ1) is 30.3. The van der Waals surface area contributed by atoms with Crippen molar-refractivity contribution in [1.29, 1.82) is 0 Å². The maximum atomic E-state index is 5.08. The summed E-state index contributed by atoms with van der Waals surface area (Å²) in [5.41, 5.74) is 9.59. The van der Waals surface area contributed by atoms with E-state index in [-0.39, 0.29) is 0 Å². The van der Waals surface area contributed by atoms with Crippen LogP contribution in [0.25, 0.3) is 99.9 Å². The van der Waals surface area contributed by atoms with Crippen LogP contribution in [0, 0.1) is 0 Å². The predicted octanol–water partition coefficient (Wildman–Crippen LogP) is 12.2. The highest BCUT2D eigenvalue weighted by atomic mass is 15.1. The van der Waals surface area contributed by atoms with Gasteiger partial charge in [0.1, 0.15) is 0 Å². The topological polar surface area (TPSA) is 48.5 Å². The van der Waals surface area contributed by atoms with Crippen LogP contribution in [-0.4, -0.2) is 24.1 Å². The number of hydrogen-bond donors (Lipinski definition) is 0. The Morgan fingerprint density at radius 2 is 0.852 bits per heavy atom. The first-order valence-electron chi connectivity index (χ1n) is 18.2. The van der Waals surface area contributed by atoms with E-state index in [0.717, 1.165) is 44.6 Å². The molecule has 5 heteroatoms. The fourth-order valence-corrected chi connectivity index (χ4v) is 8.07. The minimum absolute atomic E-state index is 0.630. The summed E-state index contributed by atoms with van der Waals surface area (Å²) in [4.78, 5) is 15.1. The molecule has 11 rings (SSSR count). The monoisotopic (exact) mass is 689 g/mol. The number of hydrogen-bond acceptors (Lipinski definition) is 3. The molecule has 11 aromatic rings. The minimum Gasteiger partial charge on any atom is -0.307 e. The van der Waals surface area contributed by atoms with Crippen LogP contribution in [0.15, 0.2) is 188 Å². The second-order valence-corrected chi connectivity index (χ2v) is 13.7. The molecular weight excluding hydrogens is 659 g/mol. The smallest absolute Gasteiger partial charge is 0.164 e. The molecule has 5 nitrogen and oxygen atoms in total. The number of rotatable bonds is 5. The molecule has 0 aliphatic rings. The van der Waals surface area contributed by atoms with E-state index in [2.05, 4.69) is 137 Å². The van der Waals surface area contributed by atoms with Crippen LogP contribution in [0.1, 0.15) is 0 Å². The van der Waals surface area contributed by atoms with Gasteiger partial charge in [-0.05, 0) is 47.2 Å². The van der Waals surface area contributed by atoms with Crippen LogP contribution in [-0.2, 0) is 0 Å². The average molecular weight is 690 g/mol. The summed E-state index contributed by atoms with van der Waals surface area (Å²) < 4.78 is 4.85. The molecule has 0 bridgehead atoms. The molecule has 0 N–H and O–H groups in total. The summed E-state index contributed by atoms with van der Waals surface area (Å²) in [6.45, 7) is 0. The van der Waals surface area contributed by atoms with Crippen molar-refractivity contribution in [2.45, 2.75) is 0 Å². The molecule has 0 amide bonds. The highest BCUT2D eigenvalue weighted by molar-refractivity contribution is 6.15. The van der Waals surface area contributed by atoms with E-state index in [1.165, 1.54) is 37.8 Å². The Balaban J connectivity index is 1.20. The van der Waals surface area contributed by atoms with E-state index >= 15 is 0 Å². The third-order valence-corrected chi connectivity index (χ3v) is 10.5. The van der Waals surface area contributed by atoms with Gasteiger partial charge in [-0.25, -0.2) is 15.0 Å². The third kappa shape index (κ3) is 4.76. The Morgan fingerprint density at radius 3 is 1.56 bits per heavy atom. The first-order chi connectivity index (χ1) is 26.8. The fraction of sp³-hybridized carbons (Fsp3) is 0. The highest BCUT2D eigenvalue weighted by Gasteiger charge is 2.21. The number of fused-ring (bicyclic) bond motifs is 7. The zero-order valence-corrected chi connectivity index (χ0v) is 29.1. The van der Waals surface area contributed by atoms with Gasteiger partial charge in [0, 0.05) is 43.9 Å². The summed E-state index contributed by atoms with van der Waals surface area (Å²) in [6.07, 6.45) is 0. The Morgan fingerprint density at radius 1 is 0.315 bits per heavy atom. The molecule has 0 aliphatic carbocycles. The zero-order chi connectivity index (χ0) is 35.6. The molecule has 54 heavy (non-hydrogen) atoms. The fourth-order valence-electron chi connectivity index (χ4n) is 8.07. The summed E-state index contributed by atoms with van der Waals surface area (Å²) in [5, 5.41) is 7.21. The van der Waals surface area contributed by atoms with Crippen molar-refractivity contribution < 1.29 is 0 Å². The maximum absolute atomic E-state index is 5.08. The van der Waals surface area contributed by atoms with Crippen LogP contribution in [0.2, 0.25) is 0 Å². The van der Waals surface area contributed by atoms with Crippen LogP contribution >= 0.6 is 0 Å². The van der Waals surface area contributed by atoms with Crippen molar-refractivity contribution in [3.63, 3.8) is 0 Å². The standard InChI is InChI=1S/C49H31N5/c1-3-15-33(16-4-1)47-50-48(34-17-5-2-6-18-34)52-49(51-47)36-27-29-40-38-20-9-12-24-43(38)54(45(40)31-36)44-25-13-22-41-39-21-10-11-23-42(39)53(46(41)44)37-28-26-32-14-7-8-19-35(32)30-37/h1-31H. The molecule has 0 unspecified atom stereocenters. The highest BCUT2D eigenvalue weighted by Crippen LogP contribution is 2.41. The summed E-state index contributed by atoms with van der Waals surface area (Å²) >= 11 is 0. The first-order valence-corrected chi connectivity index (χ1v) is 18.2. The lowest BCUT2D eigenvalue weighted by atomic mass is 10.1. The van der Waals surface area contributed by atoms with Crippen molar-refractivity contribution in [2.75, 3.05) is 0 Å². The molecule has 0 radical (unpaired) electrons. The molecule has 3 aromatic heterocycles. The van der Waals surface area contributed by atoms with Crippen molar-refractivity contribution in [3.8, 4) is 45.5 Å². The van der Waals surface area contributed by atoms with Crippen molar-refractivity contribution in [3.05, 3.63) is 188 Å². The lowest BCUT2D eigenvalue weighted by molar-refractivity contribution is 1.07. The molecular formula is C49H31N5. The molecule has 0 atom stereocenters. The maximum Gasteiger partial charge on any atom is 0.164 e. The molecule has 0 spiro atoms. The van der Waals surface area contributed by atoms with Crippen molar-refractivity contribution in [1.82, 2.24) is 24.1 Å². The van der Waals surface area contributed by atoms with Crippen LogP contribution in [0.4, 0.5) is 0 Å². The number of nitrogens with zero attached hydrogens (tertiary/aromatic N) is 5. The lowest BCUT2D eigenvalue weighted by Crippen LogP contribution is -2.02. The van der Waals surface area contributed by atoms with Crippen molar-refractivity contribution in [2.24, 2.45) is 0 Å². The zero-order valence-electron chi connectivity index (χ0n) is 29.1. The summed E-state index contributed by atoms with van der Waals surface area (Å²) in [5.74, 6) is 1.92. The van der Waals surface area contributed by atoms with E-state index in [9.17, 15) is 0 Å². The van der Waals surface area contributed by atoms with E-state index in [1.807, 2.05) is 60.7 Å². The van der Waals surface area contributed by atoms with Gasteiger partial charge in [0.15, 0.2) is 17.5 Å². The van der Waals surface area contributed by atoms with E-state index < -0.39 is 0 Å². The molecule has 8 aromatic carbocycles. The van der Waals surface area contributed by atoms with Gasteiger partial charge >= 0.3 is 0 Å². The van der Waals surface area contributed by atoms with Gasteiger partial charge in [-0.2, -0.15) is 0 Å². The lowest BCUT2D eigenvalue weighted by Gasteiger charge is -2.15. The van der Waals surface area contributed by atoms with Crippen LogP contribution < -0.4 is 0 Å². The Bertz CT molecular complexity index is 3160. The quantitative estimate of drug-likeness (QED) is 0.181. The molecule has 0 aliphatic heterocycles. The second-order valence-electron chi connectivity index (χ2n) is 13.7. The van der Waals surface area contributed by atoms with Gasteiger partial charge < -0.3 is 9.13 Å². The van der Waals surface area contributed by atoms with Gasteiger partial charge in [-0.1, -0.05) is 152 Å². The third-order valence-electron chi connectivity index (χ3n) is 10.5. The van der Waals surface area contributed by atoms with Gasteiger partial charge in [-0.15, -0.1) is 0 Å². The minimum atomic E-state index is 0.630. The Kier molecular flexibility index (Phi) is 6.79. The van der Waals surface area contributed by atoms with E-state index in [4.69, 9.17) is 15.0 Å². The summed E-state index contributed by atoms with van der Waals surface area (Å²) in [7, 11) is 0. The van der Waals surface area contributed by atoms with Crippen LogP contribution in [0.3, 0.4) is 0 Å². The normalized spacial score (nSPS) is 11.7. The van der Waals surface area contributed by atoms with Gasteiger partial charge in [-0.3, -0.25) is 0 Å². The molecule has 0 fully saturated rings. The summed E-state index contributed by atoms with van der Waals surface area (Å²) in [6, 6.07) is 66.3. The molecule has 3 heterocycles. The molecule has 0 saturated heterocycles. The number of aromatic nitrogens is 5. The average Bonchev–Trinajstić information content (AvgIpc) is 3.77. The van der Waals surface area contributed by atoms with Gasteiger partial charge in [0.2, 0.25) is 0 Å². The largest absolute Gasteiger partial charge is 0.307 e. The number of benzene rings is 8. The second kappa shape index (κ2) is 12.1. The van der Waals surface area contributed by atoms with E-state index in [1.54, 1.807) is 0 Å². The van der Waals surface area contributed by atoms with Gasteiger partial charge in [0.25, 0.3) is 0 Å². The Hall–Kier alpha value is -7.37. The van der Waals surface area contributed by atoms with E-state index in [0.29, 0.717) is 17.5 Å². The van der Waals surface area contributed by atoms with Crippen LogP contribution in [0.5, 0.6) is 0 Å². The molecule has 0 saturated carbocycles. The SMILES string of the molecule is c1ccc(-c2nc(-c3ccccc3)nc(-c3ccc4c5ccccc5n(-c5cccc6c7ccccc7n(-c7ccc8ccccc8c7)c56)c4c3)n2)cc1. The van der Waals surface area contributed by atoms with Crippen molar-refractivity contribution >= 4 is 54.4 Å².